The van der Waals surface area contributed by atoms with Gasteiger partial charge < -0.3 is 19.1 Å². The number of hydrogen-bond donors (Lipinski definition) is 0. The number of ether oxygens (including phenoxy) is 3. The van der Waals surface area contributed by atoms with E-state index in [1.165, 1.54) is 6.20 Å². The first-order valence-electron chi connectivity index (χ1n) is 8.86. The van der Waals surface area contributed by atoms with Crippen LogP contribution in [-0.4, -0.2) is 59.8 Å². The van der Waals surface area contributed by atoms with Crippen LogP contribution in [-0.2, 0) is 11.2 Å². The number of morpholine rings is 1. The lowest BCUT2D eigenvalue weighted by Crippen LogP contribution is -2.41. The van der Waals surface area contributed by atoms with Crippen molar-refractivity contribution in [2.45, 2.75) is 18.9 Å². The number of benzene rings is 1. The van der Waals surface area contributed by atoms with Gasteiger partial charge in [-0.3, -0.25) is 9.78 Å². The predicted octanol–water partition coefficient (Wildman–Crippen LogP) is 1.72. The summed E-state index contributed by atoms with van der Waals surface area (Å²) in [7, 11) is 0. The molecule has 2 aromatic rings. The summed E-state index contributed by atoms with van der Waals surface area (Å²) in [6.45, 7) is 2.84. The number of amides is 1. The van der Waals surface area contributed by atoms with Gasteiger partial charge in [0.25, 0.3) is 5.91 Å². The lowest BCUT2D eigenvalue weighted by atomic mass is 10.1. The molecule has 0 bridgehead atoms. The number of aryl methyl sites for hydroxylation is 1. The highest BCUT2D eigenvalue weighted by molar-refractivity contribution is 5.92. The maximum Gasteiger partial charge on any atom is 0.274 e. The van der Waals surface area contributed by atoms with Gasteiger partial charge in [0.15, 0.2) is 11.5 Å². The highest BCUT2D eigenvalue weighted by Crippen LogP contribution is 2.31. The minimum Gasteiger partial charge on any atom is -0.486 e. The van der Waals surface area contributed by atoms with E-state index in [0.717, 1.165) is 23.6 Å². The predicted molar refractivity (Wildman–Crippen MR) is 93.4 cm³/mol. The molecule has 1 saturated heterocycles. The topological polar surface area (TPSA) is 73.8 Å². The minimum absolute atomic E-state index is 0.0368. The van der Waals surface area contributed by atoms with Gasteiger partial charge >= 0.3 is 0 Å². The van der Waals surface area contributed by atoms with Crippen LogP contribution < -0.4 is 9.47 Å². The second kappa shape index (κ2) is 7.70. The Labute approximate surface area is 151 Å². The zero-order chi connectivity index (χ0) is 17.8. The van der Waals surface area contributed by atoms with Crippen molar-refractivity contribution in [1.82, 2.24) is 14.9 Å². The number of carbonyl (C=O) groups excluding carboxylic acids is 1. The summed E-state index contributed by atoms with van der Waals surface area (Å²) in [6, 6.07) is 7.66. The van der Waals surface area contributed by atoms with E-state index in [4.69, 9.17) is 14.2 Å². The molecule has 0 unspecified atom stereocenters. The Hall–Kier alpha value is -2.67. The van der Waals surface area contributed by atoms with Crippen LogP contribution in [0.25, 0.3) is 0 Å². The molecule has 1 aromatic carbocycles. The Morgan fingerprint density at radius 1 is 1.15 bits per heavy atom. The van der Waals surface area contributed by atoms with Crippen molar-refractivity contribution >= 4 is 5.91 Å². The van der Waals surface area contributed by atoms with Crippen molar-refractivity contribution in [3.8, 4) is 11.5 Å². The second-order valence-corrected chi connectivity index (χ2v) is 6.34. The molecule has 0 radical (unpaired) electrons. The Morgan fingerprint density at radius 3 is 2.81 bits per heavy atom. The van der Waals surface area contributed by atoms with Gasteiger partial charge in [0.1, 0.15) is 18.4 Å². The van der Waals surface area contributed by atoms with Crippen LogP contribution in [0.2, 0.25) is 0 Å². The smallest absolute Gasteiger partial charge is 0.274 e. The Bertz CT molecular complexity index is 777. The maximum absolute atomic E-state index is 12.5. The molecule has 3 heterocycles. The molecule has 4 rings (SSSR count). The molecule has 0 saturated carbocycles. The van der Waals surface area contributed by atoms with E-state index in [0.29, 0.717) is 45.0 Å². The lowest BCUT2D eigenvalue weighted by Gasteiger charge is -2.27. The number of carbonyl (C=O) groups is 1. The van der Waals surface area contributed by atoms with Crippen LogP contribution in [0.5, 0.6) is 11.5 Å². The largest absolute Gasteiger partial charge is 0.486 e. The first-order chi connectivity index (χ1) is 12.8. The molecule has 0 N–H and O–H groups in total. The summed E-state index contributed by atoms with van der Waals surface area (Å²) in [5, 5.41) is 0. The van der Waals surface area contributed by atoms with Crippen LogP contribution in [0.3, 0.4) is 0 Å². The summed E-state index contributed by atoms with van der Waals surface area (Å²) >= 11 is 0. The van der Waals surface area contributed by atoms with Gasteiger partial charge in [-0.25, -0.2) is 4.98 Å². The molecule has 7 heteroatoms. The summed E-state index contributed by atoms with van der Waals surface area (Å²) in [5.41, 5.74) is 1.17. The van der Waals surface area contributed by atoms with Gasteiger partial charge in [-0.2, -0.15) is 0 Å². The van der Waals surface area contributed by atoms with Crippen LogP contribution in [0, 0.1) is 0 Å². The molecular formula is C19H21N3O4. The highest BCUT2D eigenvalue weighted by Gasteiger charge is 2.22. The average molecular weight is 355 g/mol. The molecule has 136 valence electrons. The van der Waals surface area contributed by atoms with Crippen LogP contribution >= 0.6 is 0 Å². The third-order valence-corrected chi connectivity index (χ3v) is 4.49. The second-order valence-electron chi connectivity index (χ2n) is 6.34. The molecule has 0 aliphatic carbocycles. The molecule has 1 atom stereocenters. The standard InChI is InChI=1S/C19H21N3O4/c23-19(22-7-9-24-10-8-22)16-12-20-11-14(21-16)5-6-15-13-25-17-3-1-2-4-18(17)26-15/h1-4,11-12,15H,5-10,13H2/t15-/m1/s1. The van der Waals surface area contributed by atoms with E-state index in [1.807, 2.05) is 24.3 Å². The molecule has 1 amide bonds. The Balaban J connectivity index is 1.36. The normalized spacial score (nSPS) is 19.2. The zero-order valence-corrected chi connectivity index (χ0v) is 14.5. The average Bonchev–Trinajstić information content (AvgIpc) is 2.72. The summed E-state index contributed by atoms with van der Waals surface area (Å²) in [5.74, 6) is 1.46. The van der Waals surface area contributed by atoms with E-state index in [1.54, 1.807) is 11.1 Å². The lowest BCUT2D eigenvalue weighted by molar-refractivity contribution is 0.0298. The third kappa shape index (κ3) is 3.77. The van der Waals surface area contributed by atoms with E-state index in [9.17, 15) is 4.79 Å². The summed E-state index contributed by atoms with van der Waals surface area (Å²) < 4.78 is 17.0. The molecule has 2 aliphatic rings. The van der Waals surface area contributed by atoms with E-state index < -0.39 is 0 Å². The van der Waals surface area contributed by atoms with Gasteiger partial charge in [-0.15, -0.1) is 0 Å². The number of rotatable bonds is 4. The van der Waals surface area contributed by atoms with E-state index in [2.05, 4.69) is 9.97 Å². The molecule has 26 heavy (non-hydrogen) atoms. The van der Waals surface area contributed by atoms with Crippen molar-refractivity contribution in [1.29, 1.82) is 0 Å². The van der Waals surface area contributed by atoms with Crippen LogP contribution in [0.1, 0.15) is 22.6 Å². The van der Waals surface area contributed by atoms with Gasteiger partial charge in [0, 0.05) is 19.3 Å². The Morgan fingerprint density at radius 2 is 1.96 bits per heavy atom. The SMILES string of the molecule is O=C(c1cncc(CC[C@@H]2COc3ccccc3O2)n1)N1CCOCC1. The molecular weight excluding hydrogens is 334 g/mol. The van der Waals surface area contributed by atoms with E-state index >= 15 is 0 Å². The van der Waals surface area contributed by atoms with Crippen molar-refractivity contribution in [2.24, 2.45) is 0 Å². The summed E-state index contributed by atoms with van der Waals surface area (Å²) in [4.78, 5) is 22.9. The fourth-order valence-corrected chi connectivity index (χ4v) is 3.07. The maximum atomic E-state index is 12.5. The highest BCUT2D eigenvalue weighted by atomic mass is 16.6. The first kappa shape index (κ1) is 16.8. The van der Waals surface area contributed by atoms with Gasteiger partial charge in [-0.1, -0.05) is 12.1 Å². The van der Waals surface area contributed by atoms with Crippen molar-refractivity contribution < 1.29 is 19.0 Å². The Kier molecular flexibility index (Phi) is 4.97. The number of nitrogens with zero attached hydrogens (tertiary/aromatic N) is 3. The molecule has 0 spiro atoms. The quantitative estimate of drug-likeness (QED) is 0.831. The van der Waals surface area contributed by atoms with Gasteiger partial charge in [0.05, 0.1) is 25.1 Å². The molecule has 2 aliphatic heterocycles. The van der Waals surface area contributed by atoms with Gasteiger partial charge in [0.2, 0.25) is 0 Å². The van der Waals surface area contributed by atoms with Gasteiger partial charge in [-0.05, 0) is 25.0 Å². The zero-order valence-electron chi connectivity index (χ0n) is 14.5. The van der Waals surface area contributed by atoms with Crippen molar-refractivity contribution in [3.63, 3.8) is 0 Å². The van der Waals surface area contributed by atoms with Crippen LogP contribution in [0.4, 0.5) is 0 Å². The first-order valence-corrected chi connectivity index (χ1v) is 8.86. The third-order valence-electron chi connectivity index (χ3n) is 4.49. The monoisotopic (exact) mass is 355 g/mol. The van der Waals surface area contributed by atoms with Crippen molar-refractivity contribution in [2.75, 3.05) is 32.9 Å². The van der Waals surface area contributed by atoms with Crippen molar-refractivity contribution in [3.05, 3.63) is 48.0 Å². The minimum atomic E-state index is -0.0890. The van der Waals surface area contributed by atoms with Crippen LogP contribution in [0.15, 0.2) is 36.7 Å². The molecule has 1 fully saturated rings. The van der Waals surface area contributed by atoms with E-state index in [-0.39, 0.29) is 12.0 Å². The molecule has 7 nitrogen and oxygen atoms in total. The number of fused-ring (bicyclic) bond motifs is 1. The number of para-hydroxylation sites is 2. The molecule has 1 aromatic heterocycles. The number of aromatic nitrogens is 2. The number of hydrogen-bond acceptors (Lipinski definition) is 6. The fraction of sp³-hybridized carbons (Fsp3) is 0.421. The fourth-order valence-electron chi connectivity index (χ4n) is 3.07. The summed E-state index contributed by atoms with van der Waals surface area (Å²) in [6.07, 6.45) is 4.61.